The minimum atomic E-state index is -0.239. The summed E-state index contributed by atoms with van der Waals surface area (Å²) < 4.78 is 0. The first-order valence-corrected chi connectivity index (χ1v) is 11.0. The van der Waals surface area contributed by atoms with Crippen molar-refractivity contribution in [3.05, 3.63) is 71.8 Å². The number of aromatic nitrogens is 5. The van der Waals surface area contributed by atoms with Crippen LogP contribution in [0.1, 0.15) is 34.9 Å². The van der Waals surface area contributed by atoms with Gasteiger partial charge in [-0.05, 0) is 30.5 Å². The summed E-state index contributed by atoms with van der Waals surface area (Å²) in [5.41, 5.74) is 4.24. The van der Waals surface area contributed by atoms with E-state index in [4.69, 9.17) is 0 Å². The summed E-state index contributed by atoms with van der Waals surface area (Å²) in [5, 5.41) is 10.7. The molecule has 0 radical (unpaired) electrons. The first kappa shape index (κ1) is 19.4. The highest BCUT2D eigenvalue weighted by Crippen LogP contribution is 2.29. The van der Waals surface area contributed by atoms with E-state index < -0.39 is 0 Å². The first-order valence-electron chi connectivity index (χ1n) is 10.1. The maximum absolute atomic E-state index is 12.3. The zero-order valence-corrected chi connectivity index (χ0v) is 17.5. The van der Waals surface area contributed by atoms with Crippen molar-refractivity contribution in [2.45, 2.75) is 18.8 Å². The Morgan fingerprint density at radius 2 is 2.03 bits per heavy atom. The van der Waals surface area contributed by atoms with Gasteiger partial charge in [-0.15, -0.1) is 10.2 Å². The van der Waals surface area contributed by atoms with Gasteiger partial charge >= 0.3 is 0 Å². The van der Waals surface area contributed by atoms with Gasteiger partial charge in [0.1, 0.15) is 17.2 Å². The Kier molecular flexibility index (Phi) is 5.40. The van der Waals surface area contributed by atoms with Crippen LogP contribution < -0.4 is 10.2 Å². The Morgan fingerprint density at radius 1 is 1.13 bits per heavy atom. The quantitative estimate of drug-likeness (QED) is 0.496. The van der Waals surface area contributed by atoms with Crippen molar-refractivity contribution in [1.82, 2.24) is 25.1 Å². The Morgan fingerprint density at radius 3 is 2.81 bits per heavy atom. The van der Waals surface area contributed by atoms with Gasteiger partial charge in [0.05, 0.1) is 17.5 Å². The van der Waals surface area contributed by atoms with Gasteiger partial charge in [-0.25, -0.2) is 9.97 Å². The van der Waals surface area contributed by atoms with E-state index in [0.717, 1.165) is 48.8 Å². The molecule has 0 bridgehead atoms. The lowest BCUT2D eigenvalue weighted by atomic mass is 9.97. The molecule has 0 saturated carbocycles. The second-order valence-electron chi connectivity index (χ2n) is 7.44. The van der Waals surface area contributed by atoms with Crippen LogP contribution in [-0.2, 0) is 0 Å². The second kappa shape index (κ2) is 8.65. The Balaban J connectivity index is 1.26. The van der Waals surface area contributed by atoms with Crippen LogP contribution in [0.15, 0.2) is 60.4 Å². The van der Waals surface area contributed by atoms with Crippen molar-refractivity contribution in [3.63, 3.8) is 0 Å². The van der Waals surface area contributed by atoms with Crippen LogP contribution in [0.3, 0.4) is 0 Å². The molecule has 31 heavy (non-hydrogen) atoms. The standard InChI is InChI=1S/C22H21N7OS/c30-21(27-22-28-25-14-31-22)16-8-9-19(23-11-16)29-10-4-7-17(13-29)20-24-12-18(26-20)15-5-2-1-3-6-15/h1-3,5-6,8-9,11-12,14,17H,4,7,10,13H2,(H,24,26)(H,27,28,30). The Labute approximate surface area is 183 Å². The molecule has 2 N–H and O–H groups in total. The molecule has 5 rings (SSSR count). The third kappa shape index (κ3) is 4.31. The van der Waals surface area contributed by atoms with Crippen LogP contribution in [0.5, 0.6) is 0 Å². The average Bonchev–Trinajstić information content (AvgIpc) is 3.52. The van der Waals surface area contributed by atoms with Crippen LogP contribution >= 0.6 is 11.3 Å². The molecule has 0 aliphatic carbocycles. The lowest BCUT2D eigenvalue weighted by Gasteiger charge is -2.32. The molecule has 1 aliphatic rings. The molecule has 8 nitrogen and oxygen atoms in total. The van der Waals surface area contributed by atoms with Crippen molar-refractivity contribution in [1.29, 1.82) is 0 Å². The second-order valence-corrected chi connectivity index (χ2v) is 8.27. The number of nitrogens with one attached hydrogen (secondary N) is 2. The highest BCUT2D eigenvalue weighted by atomic mass is 32.1. The Bertz CT molecular complexity index is 1140. The number of carbonyl (C=O) groups excluding carboxylic acids is 1. The van der Waals surface area contributed by atoms with Crippen molar-refractivity contribution in [3.8, 4) is 11.3 Å². The number of aromatic amines is 1. The molecular weight excluding hydrogens is 410 g/mol. The van der Waals surface area contributed by atoms with E-state index in [1.807, 2.05) is 30.5 Å². The average molecular weight is 432 g/mol. The molecule has 1 fully saturated rings. The molecule has 1 amide bonds. The van der Waals surface area contributed by atoms with Gasteiger partial charge in [0, 0.05) is 25.2 Å². The number of hydrogen-bond donors (Lipinski definition) is 2. The summed E-state index contributed by atoms with van der Waals surface area (Å²) in [5.74, 6) is 1.95. The molecule has 4 heterocycles. The zero-order chi connectivity index (χ0) is 21.0. The molecule has 3 aromatic heterocycles. The van der Waals surface area contributed by atoms with E-state index in [1.165, 1.54) is 11.3 Å². The van der Waals surface area contributed by atoms with E-state index >= 15 is 0 Å². The smallest absolute Gasteiger partial charge is 0.259 e. The van der Waals surface area contributed by atoms with Crippen LogP contribution in [0, 0.1) is 0 Å². The largest absolute Gasteiger partial charge is 0.356 e. The highest BCUT2D eigenvalue weighted by molar-refractivity contribution is 7.13. The molecule has 9 heteroatoms. The van der Waals surface area contributed by atoms with E-state index in [-0.39, 0.29) is 5.91 Å². The molecule has 0 spiro atoms. The van der Waals surface area contributed by atoms with Crippen LogP contribution in [-0.4, -0.2) is 44.1 Å². The van der Waals surface area contributed by atoms with Gasteiger partial charge in [-0.3, -0.25) is 10.1 Å². The number of H-pyrrole nitrogens is 1. The zero-order valence-electron chi connectivity index (χ0n) is 16.7. The predicted molar refractivity (Wildman–Crippen MR) is 120 cm³/mol. The van der Waals surface area contributed by atoms with Crippen molar-refractivity contribution < 1.29 is 4.79 Å². The van der Waals surface area contributed by atoms with Gasteiger partial charge < -0.3 is 9.88 Å². The summed E-state index contributed by atoms with van der Waals surface area (Å²) in [4.78, 5) is 27.3. The maximum Gasteiger partial charge on any atom is 0.259 e. The number of imidazole rings is 1. The lowest BCUT2D eigenvalue weighted by molar-refractivity contribution is 0.102. The molecular formula is C22H21N7OS. The fourth-order valence-corrected chi connectivity index (χ4v) is 4.26. The number of benzene rings is 1. The topological polar surface area (TPSA) is 99.7 Å². The van der Waals surface area contributed by atoms with Crippen molar-refractivity contribution >= 4 is 28.2 Å². The van der Waals surface area contributed by atoms with E-state index in [1.54, 1.807) is 17.8 Å². The fraction of sp³-hybridized carbons (Fsp3) is 0.227. The molecule has 4 aromatic rings. The molecule has 1 aromatic carbocycles. The van der Waals surface area contributed by atoms with E-state index in [2.05, 4.69) is 47.5 Å². The number of amides is 1. The third-order valence-electron chi connectivity index (χ3n) is 5.40. The fourth-order valence-electron chi connectivity index (χ4n) is 3.82. The monoisotopic (exact) mass is 431 g/mol. The summed E-state index contributed by atoms with van der Waals surface area (Å²) in [6.45, 7) is 1.77. The number of piperidine rings is 1. The molecule has 156 valence electrons. The van der Waals surface area contributed by atoms with Gasteiger partial charge in [-0.2, -0.15) is 0 Å². The SMILES string of the molecule is O=C(Nc1nncs1)c1ccc(N2CCCC(c3ncc(-c4ccccc4)[nH]3)C2)nc1. The number of anilines is 2. The van der Waals surface area contributed by atoms with Gasteiger partial charge in [0.2, 0.25) is 5.13 Å². The molecule has 1 saturated heterocycles. The van der Waals surface area contributed by atoms with Crippen molar-refractivity contribution in [2.24, 2.45) is 0 Å². The van der Waals surface area contributed by atoms with Crippen molar-refractivity contribution in [2.75, 3.05) is 23.3 Å². The van der Waals surface area contributed by atoms with Gasteiger partial charge in [0.25, 0.3) is 5.91 Å². The minimum Gasteiger partial charge on any atom is -0.356 e. The van der Waals surface area contributed by atoms with Crippen LogP contribution in [0.25, 0.3) is 11.3 Å². The normalized spacial score (nSPS) is 16.3. The number of nitrogens with zero attached hydrogens (tertiary/aromatic N) is 5. The first-order chi connectivity index (χ1) is 15.3. The summed E-state index contributed by atoms with van der Waals surface area (Å²) >= 11 is 1.28. The molecule has 1 aliphatic heterocycles. The molecule has 1 atom stereocenters. The summed E-state index contributed by atoms with van der Waals surface area (Å²) in [6.07, 6.45) is 5.66. The third-order valence-corrected chi connectivity index (χ3v) is 6.01. The van der Waals surface area contributed by atoms with Crippen LogP contribution in [0.4, 0.5) is 10.9 Å². The lowest BCUT2D eigenvalue weighted by Crippen LogP contribution is -2.35. The Hall–Kier alpha value is -3.59. The van der Waals surface area contributed by atoms with E-state index in [0.29, 0.717) is 16.6 Å². The summed E-state index contributed by atoms with van der Waals surface area (Å²) in [7, 11) is 0. The summed E-state index contributed by atoms with van der Waals surface area (Å²) in [6, 6.07) is 13.9. The number of carbonyl (C=O) groups is 1. The predicted octanol–water partition coefficient (Wildman–Crippen LogP) is 3.96. The highest BCUT2D eigenvalue weighted by Gasteiger charge is 2.24. The number of rotatable bonds is 5. The van der Waals surface area contributed by atoms with Crippen LogP contribution in [0.2, 0.25) is 0 Å². The maximum atomic E-state index is 12.3. The van der Waals surface area contributed by atoms with Gasteiger partial charge in [-0.1, -0.05) is 41.7 Å². The molecule has 1 unspecified atom stereocenters. The number of pyridine rings is 1. The number of hydrogen-bond acceptors (Lipinski definition) is 7. The van der Waals surface area contributed by atoms with Gasteiger partial charge in [0.15, 0.2) is 0 Å². The van der Waals surface area contributed by atoms with E-state index in [9.17, 15) is 4.79 Å². The minimum absolute atomic E-state index is 0.239.